The van der Waals surface area contributed by atoms with Crippen LogP contribution in [0.3, 0.4) is 0 Å². The van der Waals surface area contributed by atoms with E-state index in [1.807, 2.05) is 0 Å². The second-order valence-corrected chi connectivity index (χ2v) is 5.50. The highest BCUT2D eigenvalue weighted by Crippen LogP contribution is 2.16. The summed E-state index contributed by atoms with van der Waals surface area (Å²) in [6.07, 6.45) is 5.46. The molecule has 0 bridgehead atoms. The molecular formula is C16H26N2. The van der Waals surface area contributed by atoms with Crippen molar-refractivity contribution in [2.75, 3.05) is 31.5 Å². The molecule has 2 nitrogen and oxygen atoms in total. The van der Waals surface area contributed by atoms with Crippen LogP contribution in [0, 0.1) is 13.8 Å². The first-order chi connectivity index (χ1) is 8.75. The summed E-state index contributed by atoms with van der Waals surface area (Å²) < 4.78 is 0. The minimum atomic E-state index is 1.08. The van der Waals surface area contributed by atoms with Crippen LogP contribution in [0.4, 0.5) is 5.69 Å². The first-order valence-electron chi connectivity index (χ1n) is 7.29. The average Bonchev–Trinajstić information content (AvgIpc) is 2.38. The molecule has 1 aliphatic rings. The first-order valence-corrected chi connectivity index (χ1v) is 7.29. The third-order valence-corrected chi connectivity index (χ3v) is 3.80. The number of hydrogen-bond donors (Lipinski definition) is 1. The Bertz CT molecular complexity index is 367. The predicted octanol–water partition coefficient (Wildman–Crippen LogP) is 3.59. The lowest BCUT2D eigenvalue weighted by molar-refractivity contribution is 0.228. The van der Waals surface area contributed by atoms with Crippen molar-refractivity contribution in [1.82, 2.24) is 4.90 Å². The third-order valence-electron chi connectivity index (χ3n) is 3.80. The van der Waals surface area contributed by atoms with E-state index in [2.05, 4.69) is 42.3 Å². The number of piperidine rings is 1. The summed E-state index contributed by atoms with van der Waals surface area (Å²) in [6, 6.07) is 6.62. The molecule has 1 heterocycles. The molecule has 0 radical (unpaired) electrons. The molecule has 0 aromatic heterocycles. The molecule has 18 heavy (non-hydrogen) atoms. The molecule has 1 N–H and O–H groups in total. The fraction of sp³-hybridized carbons (Fsp3) is 0.625. The van der Waals surface area contributed by atoms with E-state index in [9.17, 15) is 0 Å². The van der Waals surface area contributed by atoms with Gasteiger partial charge in [-0.15, -0.1) is 0 Å². The van der Waals surface area contributed by atoms with Gasteiger partial charge >= 0.3 is 0 Å². The highest BCUT2D eigenvalue weighted by atomic mass is 15.1. The molecule has 1 aromatic rings. The maximum Gasteiger partial charge on any atom is 0.0370 e. The minimum Gasteiger partial charge on any atom is -0.385 e. The molecule has 0 saturated carbocycles. The normalized spacial score (nSPS) is 16.8. The van der Waals surface area contributed by atoms with Crippen LogP contribution in [0.15, 0.2) is 18.2 Å². The molecule has 0 amide bonds. The Morgan fingerprint density at radius 2 is 1.89 bits per heavy atom. The van der Waals surface area contributed by atoms with Gasteiger partial charge in [0.1, 0.15) is 0 Å². The van der Waals surface area contributed by atoms with E-state index in [1.54, 1.807) is 0 Å². The molecule has 2 heteroatoms. The summed E-state index contributed by atoms with van der Waals surface area (Å²) in [5.74, 6) is 0. The molecule has 2 rings (SSSR count). The predicted molar refractivity (Wildman–Crippen MR) is 79.3 cm³/mol. The number of benzene rings is 1. The summed E-state index contributed by atoms with van der Waals surface area (Å²) in [5, 5.41) is 3.55. The molecule has 1 aromatic carbocycles. The topological polar surface area (TPSA) is 15.3 Å². The number of likely N-dealkylation sites (tertiary alicyclic amines) is 1. The van der Waals surface area contributed by atoms with Crippen molar-refractivity contribution in [2.45, 2.75) is 39.5 Å². The Kier molecular flexibility index (Phi) is 5.06. The molecule has 0 aliphatic carbocycles. The first kappa shape index (κ1) is 13.4. The van der Waals surface area contributed by atoms with E-state index in [0.29, 0.717) is 0 Å². The van der Waals surface area contributed by atoms with Gasteiger partial charge in [-0.2, -0.15) is 0 Å². The van der Waals surface area contributed by atoms with Crippen molar-refractivity contribution in [2.24, 2.45) is 0 Å². The van der Waals surface area contributed by atoms with Gasteiger partial charge in [-0.05, 0) is 64.4 Å². The molecular weight excluding hydrogens is 220 g/mol. The van der Waals surface area contributed by atoms with Crippen molar-refractivity contribution < 1.29 is 0 Å². The van der Waals surface area contributed by atoms with Gasteiger partial charge in [0.15, 0.2) is 0 Å². The SMILES string of the molecule is Cc1ccc(NCCCN2CCCCC2)c(C)c1. The van der Waals surface area contributed by atoms with Gasteiger partial charge in [0, 0.05) is 12.2 Å². The summed E-state index contributed by atoms with van der Waals surface area (Å²) in [7, 11) is 0. The molecule has 100 valence electrons. The number of nitrogens with one attached hydrogen (secondary N) is 1. The number of anilines is 1. The molecule has 1 saturated heterocycles. The van der Waals surface area contributed by atoms with Crippen LogP contribution in [-0.2, 0) is 0 Å². The summed E-state index contributed by atoms with van der Waals surface area (Å²) >= 11 is 0. The minimum absolute atomic E-state index is 1.08. The highest BCUT2D eigenvalue weighted by Gasteiger charge is 2.08. The third kappa shape index (κ3) is 4.02. The molecule has 0 atom stereocenters. The van der Waals surface area contributed by atoms with Crippen LogP contribution >= 0.6 is 0 Å². The Hall–Kier alpha value is -1.02. The van der Waals surface area contributed by atoms with Gasteiger partial charge in [-0.25, -0.2) is 0 Å². The lowest BCUT2D eigenvalue weighted by Crippen LogP contribution is -2.31. The van der Waals surface area contributed by atoms with Crippen LogP contribution in [0.2, 0.25) is 0 Å². The lowest BCUT2D eigenvalue weighted by Gasteiger charge is -2.26. The van der Waals surface area contributed by atoms with Crippen molar-refractivity contribution in [3.8, 4) is 0 Å². The van der Waals surface area contributed by atoms with E-state index in [4.69, 9.17) is 0 Å². The standard InChI is InChI=1S/C16H26N2/c1-14-7-8-16(15(2)13-14)17-9-6-12-18-10-4-3-5-11-18/h7-8,13,17H,3-6,9-12H2,1-2H3. The summed E-state index contributed by atoms with van der Waals surface area (Å²) in [4.78, 5) is 2.60. The van der Waals surface area contributed by atoms with Gasteiger partial charge in [0.2, 0.25) is 0 Å². The Morgan fingerprint density at radius 3 is 2.61 bits per heavy atom. The fourth-order valence-electron chi connectivity index (χ4n) is 2.72. The van der Waals surface area contributed by atoms with E-state index in [1.165, 1.54) is 62.1 Å². The zero-order valence-corrected chi connectivity index (χ0v) is 11.8. The molecule has 1 fully saturated rings. The number of hydrogen-bond acceptors (Lipinski definition) is 2. The van der Waals surface area contributed by atoms with Gasteiger partial charge in [-0.1, -0.05) is 24.1 Å². The zero-order valence-electron chi connectivity index (χ0n) is 11.8. The van der Waals surface area contributed by atoms with E-state index < -0.39 is 0 Å². The smallest absolute Gasteiger partial charge is 0.0370 e. The van der Waals surface area contributed by atoms with Crippen LogP contribution in [0.25, 0.3) is 0 Å². The zero-order chi connectivity index (χ0) is 12.8. The van der Waals surface area contributed by atoms with Crippen molar-refractivity contribution in [3.05, 3.63) is 29.3 Å². The second kappa shape index (κ2) is 6.79. The van der Waals surface area contributed by atoms with Crippen molar-refractivity contribution in [3.63, 3.8) is 0 Å². The second-order valence-electron chi connectivity index (χ2n) is 5.50. The fourth-order valence-corrected chi connectivity index (χ4v) is 2.72. The number of aryl methyl sites for hydroxylation is 2. The van der Waals surface area contributed by atoms with Crippen LogP contribution in [0.5, 0.6) is 0 Å². The molecule has 0 unspecified atom stereocenters. The Morgan fingerprint density at radius 1 is 1.11 bits per heavy atom. The number of rotatable bonds is 5. The van der Waals surface area contributed by atoms with Gasteiger partial charge in [-0.3, -0.25) is 0 Å². The van der Waals surface area contributed by atoms with E-state index in [-0.39, 0.29) is 0 Å². The summed E-state index contributed by atoms with van der Waals surface area (Å²) in [6.45, 7) is 9.28. The lowest BCUT2D eigenvalue weighted by atomic mass is 10.1. The molecule has 0 spiro atoms. The van der Waals surface area contributed by atoms with E-state index >= 15 is 0 Å². The van der Waals surface area contributed by atoms with Gasteiger partial charge in [0.25, 0.3) is 0 Å². The van der Waals surface area contributed by atoms with Gasteiger partial charge in [0.05, 0.1) is 0 Å². The van der Waals surface area contributed by atoms with Crippen LogP contribution in [-0.4, -0.2) is 31.1 Å². The quantitative estimate of drug-likeness (QED) is 0.799. The van der Waals surface area contributed by atoms with Crippen LogP contribution < -0.4 is 5.32 Å². The summed E-state index contributed by atoms with van der Waals surface area (Å²) in [5.41, 5.74) is 3.98. The Balaban J connectivity index is 1.68. The van der Waals surface area contributed by atoms with Gasteiger partial charge < -0.3 is 10.2 Å². The van der Waals surface area contributed by atoms with E-state index in [0.717, 1.165) is 6.54 Å². The maximum atomic E-state index is 3.55. The van der Waals surface area contributed by atoms with Crippen LogP contribution in [0.1, 0.15) is 36.8 Å². The maximum absolute atomic E-state index is 3.55. The highest BCUT2D eigenvalue weighted by molar-refractivity contribution is 5.51. The Labute approximate surface area is 111 Å². The number of nitrogens with zero attached hydrogens (tertiary/aromatic N) is 1. The monoisotopic (exact) mass is 246 g/mol. The average molecular weight is 246 g/mol. The molecule has 1 aliphatic heterocycles. The largest absolute Gasteiger partial charge is 0.385 e. The van der Waals surface area contributed by atoms with Crippen molar-refractivity contribution in [1.29, 1.82) is 0 Å². The van der Waals surface area contributed by atoms with Crippen molar-refractivity contribution >= 4 is 5.69 Å².